The molecule has 1 aliphatic carbocycles. The van der Waals surface area contributed by atoms with E-state index in [-0.39, 0.29) is 41.8 Å². The number of aliphatic imine (C=N–C) groups is 1. The fourth-order valence-electron chi connectivity index (χ4n) is 4.76. The highest BCUT2D eigenvalue weighted by Crippen LogP contribution is 2.31. The van der Waals surface area contributed by atoms with Crippen molar-refractivity contribution >= 4 is 41.9 Å². The summed E-state index contributed by atoms with van der Waals surface area (Å²) in [6.45, 7) is 6.89. The van der Waals surface area contributed by atoms with Crippen LogP contribution < -0.4 is 16.0 Å². The molecule has 154 valence electrons. The Kier molecular flexibility index (Phi) is 7.76. The standard InChI is InChI=1S/C19H33N5O2.HI/c1-13-6-4-5-7-14(13)12-21-17(20-3)24-10-8-15(9-11-24)19(2)16(25)22-18(26)23-19;/h13-15H,4-12H2,1-3H3,(H,20,21)(H2,22,23,25,26);1H. The molecule has 8 heteroatoms. The minimum Gasteiger partial charge on any atom is -0.356 e. The van der Waals surface area contributed by atoms with Gasteiger partial charge in [0.05, 0.1) is 0 Å². The molecule has 2 heterocycles. The van der Waals surface area contributed by atoms with Gasteiger partial charge in [0.15, 0.2) is 5.96 Å². The molecule has 1 saturated carbocycles. The van der Waals surface area contributed by atoms with Crippen LogP contribution in [-0.4, -0.2) is 55.0 Å². The average molecular weight is 491 g/mol. The average Bonchev–Trinajstić information content (AvgIpc) is 2.90. The molecular weight excluding hydrogens is 457 g/mol. The summed E-state index contributed by atoms with van der Waals surface area (Å²) in [5.74, 6) is 2.43. The first kappa shape index (κ1) is 22.2. The molecule has 3 N–H and O–H groups in total. The molecular formula is C19H34IN5O2. The number of piperidine rings is 1. The number of imide groups is 1. The third-order valence-electron chi connectivity index (χ3n) is 6.71. The van der Waals surface area contributed by atoms with E-state index in [1.54, 1.807) is 0 Å². The van der Waals surface area contributed by atoms with Gasteiger partial charge in [0.2, 0.25) is 0 Å². The predicted octanol–water partition coefficient (Wildman–Crippen LogP) is 2.32. The quantitative estimate of drug-likeness (QED) is 0.245. The molecule has 3 aliphatic rings. The summed E-state index contributed by atoms with van der Waals surface area (Å²) in [6, 6.07) is -0.376. The van der Waals surface area contributed by atoms with Crippen LogP contribution in [0.2, 0.25) is 0 Å². The Morgan fingerprint density at radius 2 is 1.89 bits per heavy atom. The maximum absolute atomic E-state index is 12.1. The molecule has 3 unspecified atom stereocenters. The van der Waals surface area contributed by atoms with Crippen LogP contribution in [0.1, 0.15) is 52.4 Å². The Morgan fingerprint density at radius 1 is 1.22 bits per heavy atom. The molecule has 0 aromatic carbocycles. The number of urea groups is 1. The van der Waals surface area contributed by atoms with E-state index in [0.29, 0.717) is 0 Å². The number of amides is 3. The van der Waals surface area contributed by atoms with Crippen molar-refractivity contribution < 1.29 is 9.59 Å². The smallest absolute Gasteiger partial charge is 0.322 e. The Balaban J connectivity index is 0.00000261. The number of rotatable bonds is 3. The van der Waals surface area contributed by atoms with E-state index in [2.05, 4.69) is 32.8 Å². The van der Waals surface area contributed by atoms with Crippen LogP contribution in [0, 0.1) is 17.8 Å². The highest BCUT2D eigenvalue weighted by Gasteiger charge is 2.48. The predicted molar refractivity (Wildman–Crippen MR) is 117 cm³/mol. The minimum absolute atomic E-state index is 0. The van der Waals surface area contributed by atoms with Gasteiger partial charge in [-0.1, -0.05) is 26.2 Å². The van der Waals surface area contributed by atoms with Crippen LogP contribution >= 0.6 is 24.0 Å². The molecule has 0 bridgehead atoms. The maximum Gasteiger partial charge on any atom is 0.322 e. The van der Waals surface area contributed by atoms with Crippen molar-refractivity contribution in [2.24, 2.45) is 22.7 Å². The van der Waals surface area contributed by atoms with Crippen molar-refractivity contribution in [2.45, 2.75) is 57.9 Å². The molecule has 3 amide bonds. The molecule has 2 aliphatic heterocycles. The van der Waals surface area contributed by atoms with Crippen LogP contribution in [0.5, 0.6) is 0 Å². The molecule has 0 aromatic heterocycles. The number of likely N-dealkylation sites (tertiary alicyclic amines) is 1. The topological polar surface area (TPSA) is 85.8 Å². The van der Waals surface area contributed by atoms with Crippen molar-refractivity contribution in [3.63, 3.8) is 0 Å². The Bertz CT molecular complexity index is 576. The zero-order chi connectivity index (χ0) is 18.7. The number of halogens is 1. The minimum atomic E-state index is -0.780. The van der Waals surface area contributed by atoms with Gasteiger partial charge < -0.3 is 15.5 Å². The SMILES string of the molecule is CN=C(NCC1CCCCC1C)N1CCC(C2(C)NC(=O)NC2=O)CC1.I. The van der Waals surface area contributed by atoms with Crippen molar-refractivity contribution in [2.75, 3.05) is 26.7 Å². The van der Waals surface area contributed by atoms with Gasteiger partial charge in [-0.2, -0.15) is 0 Å². The van der Waals surface area contributed by atoms with Crippen LogP contribution in [0.25, 0.3) is 0 Å². The van der Waals surface area contributed by atoms with E-state index >= 15 is 0 Å². The third-order valence-corrected chi connectivity index (χ3v) is 6.71. The zero-order valence-corrected chi connectivity index (χ0v) is 19.0. The summed E-state index contributed by atoms with van der Waals surface area (Å²) in [5, 5.41) is 8.76. The van der Waals surface area contributed by atoms with E-state index < -0.39 is 5.54 Å². The lowest BCUT2D eigenvalue weighted by atomic mass is 9.79. The molecule has 0 radical (unpaired) electrons. The molecule has 3 rings (SSSR count). The summed E-state index contributed by atoms with van der Waals surface area (Å²) in [5.41, 5.74) is -0.780. The van der Waals surface area contributed by atoms with Gasteiger partial charge in [-0.15, -0.1) is 24.0 Å². The molecule has 27 heavy (non-hydrogen) atoms. The van der Waals surface area contributed by atoms with Gasteiger partial charge in [0.25, 0.3) is 5.91 Å². The number of guanidine groups is 1. The van der Waals surface area contributed by atoms with Crippen LogP contribution in [0.3, 0.4) is 0 Å². The lowest BCUT2D eigenvalue weighted by Crippen LogP contribution is -2.55. The normalized spacial score (nSPS) is 32.6. The first-order chi connectivity index (χ1) is 12.4. The lowest BCUT2D eigenvalue weighted by Gasteiger charge is -2.40. The van der Waals surface area contributed by atoms with Gasteiger partial charge in [-0.25, -0.2) is 4.79 Å². The molecule has 7 nitrogen and oxygen atoms in total. The van der Waals surface area contributed by atoms with Crippen LogP contribution in [-0.2, 0) is 4.79 Å². The second kappa shape index (κ2) is 9.43. The Labute approximate surface area is 179 Å². The highest BCUT2D eigenvalue weighted by atomic mass is 127. The fourth-order valence-corrected chi connectivity index (χ4v) is 4.76. The van der Waals surface area contributed by atoms with Crippen LogP contribution in [0.15, 0.2) is 4.99 Å². The molecule has 2 saturated heterocycles. The third kappa shape index (κ3) is 4.86. The summed E-state index contributed by atoms with van der Waals surface area (Å²) in [4.78, 5) is 30.4. The molecule has 3 fully saturated rings. The van der Waals surface area contributed by atoms with Crippen LogP contribution in [0.4, 0.5) is 4.79 Å². The number of nitrogens with one attached hydrogen (secondary N) is 3. The first-order valence-electron chi connectivity index (χ1n) is 10.0. The largest absolute Gasteiger partial charge is 0.356 e. The number of carbonyl (C=O) groups is 2. The van der Waals surface area contributed by atoms with E-state index in [1.165, 1.54) is 25.7 Å². The zero-order valence-electron chi connectivity index (χ0n) is 16.7. The summed E-state index contributed by atoms with van der Waals surface area (Å²) >= 11 is 0. The lowest BCUT2D eigenvalue weighted by molar-refractivity contribution is -0.125. The summed E-state index contributed by atoms with van der Waals surface area (Å²) in [7, 11) is 1.84. The second-order valence-corrected chi connectivity index (χ2v) is 8.32. The van der Waals surface area contributed by atoms with E-state index in [4.69, 9.17) is 0 Å². The van der Waals surface area contributed by atoms with Crippen molar-refractivity contribution in [1.29, 1.82) is 0 Å². The number of hydrogen-bond donors (Lipinski definition) is 3. The molecule has 0 aromatic rings. The fraction of sp³-hybridized carbons (Fsp3) is 0.842. The van der Waals surface area contributed by atoms with E-state index in [0.717, 1.165) is 50.3 Å². The first-order valence-corrected chi connectivity index (χ1v) is 10.0. The highest BCUT2D eigenvalue weighted by molar-refractivity contribution is 14.0. The molecule has 0 spiro atoms. The maximum atomic E-state index is 12.1. The van der Waals surface area contributed by atoms with Gasteiger partial charge in [-0.05, 0) is 43.9 Å². The summed E-state index contributed by atoms with van der Waals surface area (Å²) < 4.78 is 0. The number of carbonyl (C=O) groups excluding carboxylic acids is 2. The van der Waals surface area contributed by atoms with Gasteiger partial charge in [0.1, 0.15) is 5.54 Å². The van der Waals surface area contributed by atoms with E-state index in [9.17, 15) is 9.59 Å². The van der Waals surface area contributed by atoms with Gasteiger partial charge in [-0.3, -0.25) is 15.1 Å². The van der Waals surface area contributed by atoms with Crippen molar-refractivity contribution in [3.8, 4) is 0 Å². The number of nitrogens with zero attached hydrogens (tertiary/aromatic N) is 2. The Morgan fingerprint density at radius 3 is 2.44 bits per heavy atom. The number of hydrogen-bond acceptors (Lipinski definition) is 3. The van der Waals surface area contributed by atoms with Crippen molar-refractivity contribution in [1.82, 2.24) is 20.9 Å². The van der Waals surface area contributed by atoms with E-state index in [1.807, 2.05) is 14.0 Å². The summed E-state index contributed by atoms with van der Waals surface area (Å²) in [6.07, 6.45) is 7.08. The van der Waals surface area contributed by atoms with Crippen molar-refractivity contribution in [3.05, 3.63) is 0 Å². The van der Waals surface area contributed by atoms with Gasteiger partial charge in [0, 0.05) is 26.7 Å². The van der Waals surface area contributed by atoms with Gasteiger partial charge >= 0.3 is 6.03 Å². The second-order valence-electron chi connectivity index (χ2n) is 8.32. The molecule has 3 atom stereocenters. The Hall–Kier alpha value is -1.06. The monoisotopic (exact) mass is 491 g/mol.